The molecule has 0 aliphatic heterocycles. The molecule has 0 amide bonds. The number of carbonyl (C=O) groups is 1. The molecule has 0 fully saturated rings. The van der Waals surface area contributed by atoms with Crippen LogP contribution in [0.2, 0.25) is 0 Å². The third-order valence-electron chi connectivity index (χ3n) is 2.87. The van der Waals surface area contributed by atoms with Gasteiger partial charge in [0.05, 0.1) is 0 Å². The lowest BCUT2D eigenvalue weighted by molar-refractivity contribution is -0.141. The monoisotopic (exact) mass is 279 g/mol. The number of ketones is 1. The number of carbonyl (C=O) groups excluding carboxylic acids is 1. The molecule has 0 aliphatic rings. The van der Waals surface area contributed by atoms with E-state index in [0.29, 0.717) is 16.7 Å². The van der Waals surface area contributed by atoms with Gasteiger partial charge in [0.2, 0.25) is 0 Å². The summed E-state index contributed by atoms with van der Waals surface area (Å²) in [7, 11) is 0. The van der Waals surface area contributed by atoms with Crippen LogP contribution in [0.1, 0.15) is 28.5 Å². The van der Waals surface area contributed by atoms with Crippen LogP contribution >= 0.6 is 0 Å². The Morgan fingerprint density at radius 3 is 2.30 bits per heavy atom. The quantitative estimate of drug-likeness (QED) is 0.768. The molecular formula is C15H12F3NO. The Hall–Kier alpha value is -2.17. The van der Waals surface area contributed by atoms with Crippen molar-refractivity contribution in [3.63, 3.8) is 0 Å². The molecule has 0 bridgehead atoms. The van der Waals surface area contributed by atoms with E-state index in [-0.39, 0.29) is 5.78 Å². The molecule has 2 nitrogen and oxygen atoms in total. The summed E-state index contributed by atoms with van der Waals surface area (Å²) in [5.41, 5.74) is 1.69. The summed E-state index contributed by atoms with van der Waals surface area (Å²) in [5.74, 6) is -0.0881. The lowest BCUT2D eigenvalue weighted by atomic mass is 10.00. The minimum absolute atomic E-state index is 0.0881. The molecule has 0 saturated heterocycles. The predicted molar refractivity (Wildman–Crippen MR) is 69.4 cm³/mol. The molecule has 1 aromatic carbocycles. The van der Waals surface area contributed by atoms with Crippen molar-refractivity contribution in [3.05, 3.63) is 53.3 Å². The number of hydrogen-bond acceptors (Lipinski definition) is 2. The number of aromatic nitrogens is 1. The van der Waals surface area contributed by atoms with Crippen molar-refractivity contribution in [2.24, 2.45) is 0 Å². The molecule has 0 aliphatic carbocycles. The largest absolute Gasteiger partial charge is 0.433 e. The molecule has 20 heavy (non-hydrogen) atoms. The van der Waals surface area contributed by atoms with Crippen LogP contribution in [0.3, 0.4) is 0 Å². The minimum atomic E-state index is -4.45. The Morgan fingerprint density at radius 1 is 1.10 bits per heavy atom. The standard InChI is InChI=1S/C15H12F3NO/c1-9-5-12(10(2)20)7-13(6-9)11-3-4-14(19-8-11)15(16,17)18/h3-8H,1-2H3. The average Bonchev–Trinajstić information content (AvgIpc) is 2.37. The van der Waals surface area contributed by atoms with Gasteiger partial charge in [-0.05, 0) is 43.2 Å². The van der Waals surface area contributed by atoms with Gasteiger partial charge in [-0.15, -0.1) is 0 Å². The van der Waals surface area contributed by atoms with E-state index in [2.05, 4.69) is 4.98 Å². The normalized spacial score (nSPS) is 11.4. The summed E-state index contributed by atoms with van der Waals surface area (Å²) in [5, 5.41) is 0. The molecule has 0 spiro atoms. The van der Waals surface area contributed by atoms with Crippen LogP contribution in [0.4, 0.5) is 13.2 Å². The molecule has 104 valence electrons. The zero-order chi connectivity index (χ0) is 14.9. The van der Waals surface area contributed by atoms with Gasteiger partial charge in [0, 0.05) is 17.3 Å². The molecule has 1 heterocycles. The van der Waals surface area contributed by atoms with Gasteiger partial charge in [0.15, 0.2) is 5.78 Å². The highest BCUT2D eigenvalue weighted by molar-refractivity contribution is 5.95. The second-order valence-corrected chi connectivity index (χ2v) is 4.57. The van der Waals surface area contributed by atoms with Crippen molar-refractivity contribution in [2.45, 2.75) is 20.0 Å². The molecule has 0 radical (unpaired) electrons. The Labute approximate surface area is 114 Å². The van der Waals surface area contributed by atoms with Gasteiger partial charge in [0.25, 0.3) is 0 Å². The maximum Gasteiger partial charge on any atom is 0.433 e. The smallest absolute Gasteiger partial charge is 0.295 e. The highest BCUT2D eigenvalue weighted by Gasteiger charge is 2.32. The highest BCUT2D eigenvalue weighted by Crippen LogP contribution is 2.29. The minimum Gasteiger partial charge on any atom is -0.295 e. The molecule has 0 saturated carbocycles. The summed E-state index contributed by atoms with van der Waals surface area (Å²) < 4.78 is 37.3. The van der Waals surface area contributed by atoms with E-state index in [9.17, 15) is 18.0 Å². The predicted octanol–water partition coefficient (Wildman–Crippen LogP) is 4.28. The maximum absolute atomic E-state index is 12.4. The van der Waals surface area contributed by atoms with Crippen LogP contribution in [0.25, 0.3) is 11.1 Å². The van der Waals surface area contributed by atoms with Gasteiger partial charge in [-0.1, -0.05) is 12.1 Å². The maximum atomic E-state index is 12.4. The van der Waals surface area contributed by atoms with Crippen LogP contribution in [0.15, 0.2) is 36.5 Å². The number of Topliss-reactive ketones (excluding diaryl/α,β-unsaturated/α-hetero) is 1. The first kappa shape index (κ1) is 14.2. The zero-order valence-corrected chi connectivity index (χ0v) is 11.0. The van der Waals surface area contributed by atoms with Gasteiger partial charge in [-0.25, -0.2) is 0 Å². The Morgan fingerprint density at radius 2 is 1.80 bits per heavy atom. The van der Waals surface area contributed by atoms with Crippen molar-refractivity contribution in [1.82, 2.24) is 4.98 Å². The first-order valence-corrected chi connectivity index (χ1v) is 5.93. The van der Waals surface area contributed by atoms with E-state index in [4.69, 9.17) is 0 Å². The Bertz CT molecular complexity index is 645. The van der Waals surface area contributed by atoms with E-state index in [0.717, 1.165) is 11.6 Å². The summed E-state index contributed by atoms with van der Waals surface area (Å²) in [6, 6.07) is 7.49. The second kappa shape index (κ2) is 5.07. The fourth-order valence-corrected chi connectivity index (χ4v) is 1.89. The Kier molecular flexibility index (Phi) is 3.61. The molecule has 1 aromatic heterocycles. The van der Waals surface area contributed by atoms with Crippen molar-refractivity contribution < 1.29 is 18.0 Å². The number of rotatable bonds is 2. The third-order valence-corrected chi connectivity index (χ3v) is 2.87. The first-order chi connectivity index (χ1) is 9.27. The molecule has 0 unspecified atom stereocenters. The number of aryl methyl sites for hydroxylation is 1. The van der Waals surface area contributed by atoms with E-state index >= 15 is 0 Å². The van der Waals surface area contributed by atoms with Crippen molar-refractivity contribution in [1.29, 1.82) is 0 Å². The Balaban J connectivity index is 2.44. The summed E-state index contributed by atoms with van der Waals surface area (Å²) in [6.07, 6.45) is -3.28. The third kappa shape index (κ3) is 3.04. The summed E-state index contributed by atoms with van der Waals surface area (Å²) >= 11 is 0. The summed E-state index contributed by atoms with van der Waals surface area (Å²) in [6.45, 7) is 3.27. The van der Waals surface area contributed by atoms with E-state index in [1.165, 1.54) is 19.2 Å². The lowest BCUT2D eigenvalue weighted by Gasteiger charge is -2.08. The van der Waals surface area contributed by atoms with Crippen LogP contribution in [0, 0.1) is 6.92 Å². The van der Waals surface area contributed by atoms with Crippen LogP contribution in [-0.4, -0.2) is 10.8 Å². The first-order valence-electron chi connectivity index (χ1n) is 5.93. The molecule has 5 heteroatoms. The molecule has 0 N–H and O–H groups in total. The fourth-order valence-electron chi connectivity index (χ4n) is 1.89. The van der Waals surface area contributed by atoms with Crippen molar-refractivity contribution in [2.75, 3.05) is 0 Å². The number of hydrogen-bond donors (Lipinski definition) is 0. The average molecular weight is 279 g/mol. The van der Waals surface area contributed by atoms with Crippen LogP contribution in [-0.2, 0) is 6.18 Å². The van der Waals surface area contributed by atoms with Gasteiger partial charge in [-0.3, -0.25) is 9.78 Å². The van der Waals surface area contributed by atoms with E-state index in [1.54, 1.807) is 18.2 Å². The molecule has 2 rings (SSSR count). The second-order valence-electron chi connectivity index (χ2n) is 4.57. The molecule has 2 aromatic rings. The van der Waals surface area contributed by atoms with E-state index in [1.807, 2.05) is 6.92 Å². The van der Waals surface area contributed by atoms with E-state index < -0.39 is 11.9 Å². The zero-order valence-electron chi connectivity index (χ0n) is 11.0. The molecule has 0 atom stereocenters. The topological polar surface area (TPSA) is 30.0 Å². The lowest BCUT2D eigenvalue weighted by Crippen LogP contribution is -2.07. The van der Waals surface area contributed by atoms with Gasteiger partial charge >= 0.3 is 6.18 Å². The van der Waals surface area contributed by atoms with Gasteiger partial charge in [-0.2, -0.15) is 13.2 Å². The van der Waals surface area contributed by atoms with Gasteiger partial charge in [0.1, 0.15) is 5.69 Å². The number of halogens is 3. The van der Waals surface area contributed by atoms with Crippen LogP contribution < -0.4 is 0 Å². The summed E-state index contributed by atoms with van der Waals surface area (Å²) in [4.78, 5) is 14.8. The fraction of sp³-hybridized carbons (Fsp3) is 0.200. The number of pyridine rings is 1. The van der Waals surface area contributed by atoms with Crippen LogP contribution in [0.5, 0.6) is 0 Å². The van der Waals surface area contributed by atoms with Crippen molar-refractivity contribution in [3.8, 4) is 11.1 Å². The highest BCUT2D eigenvalue weighted by atomic mass is 19.4. The number of alkyl halides is 3. The van der Waals surface area contributed by atoms with Crippen molar-refractivity contribution >= 4 is 5.78 Å². The van der Waals surface area contributed by atoms with Gasteiger partial charge < -0.3 is 0 Å². The molecular weight excluding hydrogens is 267 g/mol. The number of benzene rings is 1. The SMILES string of the molecule is CC(=O)c1cc(C)cc(-c2ccc(C(F)(F)F)nc2)c1. The number of nitrogens with zero attached hydrogens (tertiary/aromatic N) is 1.